The van der Waals surface area contributed by atoms with Crippen LogP contribution in [0.25, 0.3) is 5.76 Å². The summed E-state index contributed by atoms with van der Waals surface area (Å²) in [7, 11) is 2.85. The fourth-order valence-corrected chi connectivity index (χ4v) is 7.72. The predicted molar refractivity (Wildman–Crippen MR) is 151 cm³/mol. The van der Waals surface area contributed by atoms with Gasteiger partial charge in [-0.05, 0) is 56.6 Å². The average Bonchev–Trinajstić information content (AvgIpc) is 2.93. The van der Waals surface area contributed by atoms with E-state index >= 15 is 13.2 Å². The molecule has 4 aliphatic rings. The van der Waals surface area contributed by atoms with Crippen molar-refractivity contribution in [1.82, 2.24) is 14.7 Å². The number of phenols is 1. The third-order valence-electron chi connectivity index (χ3n) is 9.74. The van der Waals surface area contributed by atoms with E-state index < -0.39 is 105 Å². The molecule has 1 unspecified atom stereocenters. The first-order valence-electron chi connectivity index (χ1n) is 14.5. The summed E-state index contributed by atoms with van der Waals surface area (Å²) in [6.45, 7) is 3.95. The Morgan fingerprint density at radius 1 is 1.16 bits per heavy atom. The standard InChI is InChI=1S/C30H35F3N4O8/c1-5-36-6-7-37(12(2)38)11-17(36)14-10-18(39)20-15(22(14)30(31,32)33)8-13-9-16-23(35(3)4)25(41)21(28(34)44)27(43)29(16,45)26(42)19(13)24(20)40/h10,13,16-17,23,39-40,43,45H,5-9,11H2,1-4H3,(H2,34,44)/t13-,16-,17?,23-,29-/m0/s1. The maximum Gasteiger partial charge on any atom is 0.417 e. The highest BCUT2D eigenvalue weighted by molar-refractivity contribution is 6.24. The number of likely N-dealkylation sites (N-methyl/N-ethyl adjacent to an activating group) is 2. The van der Waals surface area contributed by atoms with Crippen LogP contribution in [-0.4, -0.2) is 110 Å². The minimum Gasteiger partial charge on any atom is -0.508 e. The maximum atomic E-state index is 15.0. The summed E-state index contributed by atoms with van der Waals surface area (Å²) in [6, 6.07) is -1.44. The van der Waals surface area contributed by atoms with Crippen LogP contribution in [0.1, 0.15) is 48.6 Å². The molecule has 15 heteroatoms. The van der Waals surface area contributed by atoms with E-state index in [0.29, 0.717) is 13.1 Å². The summed E-state index contributed by atoms with van der Waals surface area (Å²) < 4.78 is 45.1. The van der Waals surface area contributed by atoms with Gasteiger partial charge in [0.1, 0.15) is 22.8 Å². The number of aliphatic hydroxyl groups is 3. The highest BCUT2D eigenvalue weighted by Crippen LogP contribution is 2.55. The first-order valence-corrected chi connectivity index (χ1v) is 14.5. The van der Waals surface area contributed by atoms with Gasteiger partial charge in [-0.25, -0.2) is 0 Å². The first kappa shape index (κ1) is 32.4. The molecule has 244 valence electrons. The molecule has 1 heterocycles. The Hall–Kier alpha value is -3.95. The number of nitrogens with two attached hydrogens (primary N) is 1. The molecule has 1 saturated heterocycles. The van der Waals surface area contributed by atoms with Crippen molar-refractivity contribution < 1.29 is 52.8 Å². The van der Waals surface area contributed by atoms with Crippen molar-refractivity contribution in [1.29, 1.82) is 0 Å². The van der Waals surface area contributed by atoms with Crippen molar-refractivity contribution in [3.8, 4) is 5.75 Å². The molecule has 1 saturated carbocycles. The largest absolute Gasteiger partial charge is 0.508 e. The van der Waals surface area contributed by atoms with Crippen molar-refractivity contribution in [3.63, 3.8) is 0 Å². The number of nitrogens with zero attached hydrogens (tertiary/aromatic N) is 3. The van der Waals surface area contributed by atoms with Crippen LogP contribution in [0.2, 0.25) is 0 Å². The normalized spacial score (nSPS) is 29.1. The Morgan fingerprint density at radius 3 is 2.33 bits per heavy atom. The minimum absolute atomic E-state index is 0.0744. The summed E-state index contributed by atoms with van der Waals surface area (Å²) in [5, 5.41) is 45.2. The Bertz CT molecular complexity index is 1590. The zero-order valence-corrected chi connectivity index (χ0v) is 25.1. The number of aliphatic hydroxyl groups excluding tert-OH is 2. The van der Waals surface area contributed by atoms with Crippen LogP contribution in [-0.2, 0) is 31.8 Å². The summed E-state index contributed by atoms with van der Waals surface area (Å²) >= 11 is 0. The van der Waals surface area contributed by atoms with E-state index in [1.807, 2.05) is 0 Å². The van der Waals surface area contributed by atoms with Gasteiger partial charge in [0.05, 0.1) is 23.2 Å². The maximum absolute atomic E-state index is 15.0. The molecule has 6 N–H and O–H groups in total. The molecule has 0 spiro atoms. The molecule has 0 radical (unpaired) electrons. The number of phenolic OH excluding ortho intramolecular Hbond substituents is 1. The van der Waals surface area contributed by atoms with Gasteiger partial charge in [-0.3, -0.25) is 29.0 Å². The third-order valence-corrected chi connectivity index (χ3v) is 9.74. The summed E-state index contributed by atoms with van der Waals surface area (Å²) in [4.78, 5) is 56.0. The smallest absolute Gasteiger partial charge is 0.417 e. The number of Topliss-reactive ketones (excluding diaryl/α,β-unsaturated/α-hetero) is 2. The molecule has 45 heavy (non-hydrogen) atoms. The topological polar surface area (TPSA) is 185 Å². The van der Waals surface area contributed by atoms with Crippen LogP contribution in [0.3, 0.4) is 0 Å². The van der Waals surface area contributed by atoms with Crippen molar-refractivity contribution in [2.24, 2.45) is 17.6 Å². The monoisotopic (exact) mass is 636 g/mol. The number of piperazine rings is 1. The van der Waals surface area contributed by atoms with E-state index in [0.717, 1.165) is 6.07 Å². The molecule has 5 atom stereocenters. The lowest BCUT2D eigenvalue weighted by Gasteiger charge is -2.50. The van der Waals surface area contributed by atoms with Gasteiger partial charge in [0.15, 0.2) is 11.4 Å². The molecule has 0 aromatic heterocycles. The SMILES string of the molecule is CCN1CCN(C(C)=O)CC1c1cc(O)c2c(c1C(F)(F)F)C[C@H]1C[C@H]3[C@H](N(C)C)C(=O)C(C(N)=O)=C(O)[C@@]3(O)C(=O)C1=C2O. The number of alkyl halides is 3. The first-order chi connectivity index (χ1) is 20.9. The van der Waals surface area contributed by atoms with Gasteiger partial charge in [0, 0.05) is 38.0 Å². The fraction of sp³-hybridized carbons (Fsp3) is 0.533. The minimum atomic E-state index is -4.99. The van der Waals surface area contributed by atoms with E-state index in [9.17, 15) is 39.6 Å². The molecule has 1 aromatic carbocycles. The Morgan fingerprint density at radius 2 is 1.80 bits per heavy atom. The van der Waals surface area contributed by atoms with Crippen molar-refractivity contribution in [3.05, 3.63) is 45.2 Å². The summed E-state index contributed by atoms with van der Waals surface area (Å²) in [6.07, 6.45) is -5.86. The highest BCUT2D eigenvalue weighted by atomic mass is 19.4. The molecule has 2 amide bonds. The van der Waals surface area contributed by atoms with Crippen molar-refractivity contribution in [2.45, 2.75) is 50.6 Å². The van der Waals surface area contributed by atoms with E-state index in [2.05, 4.69) is 0 Å². The number of carbonyl (C=O) groups excluding carboxylic acids is 4. The summed E-state index contributed by atoms with van der Waals surface area (Å²) in [5.41, 5.74) is -1.67. The van der Waals surface area contributed by atoms with Gasteiger partial charge in [-0.1, -0.05) is 6.92 Å². The van der Waals surface area contributed by atoms with Crippen molar-refractivity contribution >= 4 is 29.1 Å². The van der Waals surface area contributed by atoms with Gasteiger partial charge in [-0.2, -0.15) is 13.2 Å². The number of amides is 2. The van der Waals surface area contributed by atoms with Gasteiger partial charge in [-0.15, -0.1) is 0 Å². The molecule has 0 bridgehead atoms. The predicted octanol–water partition coefficient (Wildman–Crippen LogP) is 1.21. The number of aromatic hydroxyl groups is 1. The number of fused-ring (bicyclic) bond motifs is 3. The van der Waals surface area contributed by atoms with E-state index in [-0.39, 0.29) is 31.0 Å². The second kappa shape index (κ2) is 10.8. The number of halogens is 3. The van der Waals surface area contributed by atoms with E-state index in [1.165, 1.54) is 30.8 Å². The zero-order chi connectivity index (χ0) is 33.5. The van der Waals surface area contributed by atoms with Gasteiger partial charge >= 0.3 is 6.18 Å². The zero-order valence-electron chi connectivity index (χ0n) is 25.1. The second-order valence-corrected chi connectivity index (χ2v) is 12.3. The quantitative estimate of drug-likeness (QED) is 0.301. The van der Waals surface area contributed by atoms with Crippen LogP contribution >= 0.6 is 0 Å². The fourth-order valence-electron chi connectivity index (χ4n) is 7.72. The van der Waals surface area contributed by atoms with Gasteiger partial charge in [0.2, 0.25) is 11.7 Å². The molecule has 3 aliphatic carbocycles. The highest BCUT2D eigenvalue weighted by Gasteiger charge is 2.64. The number of primary amides is 1. The number of rotatable bonds is 4. The lowest BCUT2D eigenvalue weighted by atomic mass is 9.57. The molecule has 1 aliphatic heterocycles. The Labute approximate surface area is 256 Å². The number of hydrogen-bond acceptors (Lipinski definition) is 10. The molecule has 1 aromatic rings. The molecule has 2 fully saturated rings. The van der Waals surface area contributed by atoms with Crippen LogP contribution < -0.4 is 5.73 Å². The van der Waals surface area contributed by atoms with Gasteiger partial charge in [0.25, 0.3) is 5.91 Å². The molecular weight excluding hydrogens is 601 g/mol. The molecular formula is C30H35F3N4O8. The van der Waals surface area contributed by atoms with Crippen LogP contribution in [0.5, 0.6) is 5.75 Å². The third kappa shape index (κ3) is 4.70. The molecule has 5 rings (SSSR count). The Balaban J connectivity index is 1.75. The molecule has 12 nitrogen and oxygen atoms in total. The number of benzene rings is 1. The lowest BCUT2D eigenvalue weighted by Crippen LogP contribution is -2.65. The number of ketones is 2. The van der Waals surface area contributed by atoms with E-state index in [4.69, 9.17) is 5.73 Å². The second-order valence-electron chi connectivity index (χ2n) is 12.3. The number of hydrogen-bond donors (Lipinski definition) is 5. The van der Waals surface area contributed by atoms with E-state index in [1.54, 1.807) is 11.8 Å². The number of carbonyl (C=O) groups is 4. The van der Waals surface area contributed by atoms with Crippen LogP contribution in [0.15, 0.2) is 23.0 Å². The summed E-state index contributed by atoms with van der Waals surface area (Å²) in [5.74, 6) is -9.67. The lowest BCUT2D eigenvalue weighted by molar-refractivity contribution is -0.153. The van der Waals surface area contributed by atoms with Crippen LogP contribution in [0, 0.1) is 11.8 Å². The van der Waals surface area contributed by atoms with Gasteiger partial charge < -0.3 is 31.1 Å². The average molecular weight is 637 g/mol. The van der Waals surface area contributed by atoms with Crippen molar-refractivity contribution in [2.75, 3.05) is 40.3 Å². The van der Waals surface area contributed by atoms with Crippen LogP contribution in [0.4, 0.5) is 13.2 Å². The Kier molecular flexibility index (Phi) is 7.82.